The second-order valence-corrected chi connectivity index (χ2v) is 4.66. The SMILES string of the molecule is CCN(C)CCNC(=O)[C@H](N)Cc1ccc(O)cc1. The molecule has 5 nitrogen and oxygen atoms in total. The van der Waals surface area contributed by atoms with Gasteiger partial charge in [-0.3, -0.25) is 4.79 Å². The summed E-state index contributed by atoms with van der Waals surface area (Å²) in [5.41, 5.74) is 6.78. The minimum absolute atomic E-state index is 0.141. The number of carbonyl (C=O) groups is 1. The normalized spacial score (nSPS) is 12.4. The minimum Gasteiger partial charge on any atom is -0.508 e. The van der Waals surface area contributed by atoms with Gasteiger partial charge in [-0.05, 0) is 37.7 Å². The van der Waals surface area contributed by atoms with E-state index in [9.17, 15) is 9.90 Å². The van der Waals surface area contributed by atoms with E-state index in [-0.39, 0.29) is 11.7 Å². The summed E-state index contributed by atoms with van der Waals surface area (Å²) in [6, 6.07) is 6.17. The first kappa shape index (κ1) is 15.5. The maximum absolute atomic E-state index is 11.8. The Hall–Kier alpha value is -1.59. The molecule has 1 rings (SSSR count). The van der Waals surface area contributed by atoms with E-state index in [0.717, 1.165) is 18.7 Å². The van der Waals surface area contributed by atoms with Crippen molar-refractivity contribution in [3.8, 4) is 5.75 Å². The lowest BCUT2D eigenvalue weighted by atomic mass is 10.1. The molecular weight excluding hydrogens is 242 g/mol. The van der Waals surface area contributed by atoms with E-state index in [1.165, 1.54) is 0 Å². The predicted octanol–water partition coefficient (Wildman–Crippen LogP) is 0.330. The smallest absolute Gasteiger partial charge is 0.237 e. The first-order chi connectivity index (χ1) is 9.02. The van der Waals surface area contributed by atoms with Gasteiger partial charge >= 0.3 is 0 Å². The number of amides is 1. The van der Waals surface area contributed by atoms with E-state index >= 15 is 0 Å². The van der Waals surface area contributed by atoms with Crippen molar-refractivity contribution in [1.82, 2.24) is 10.2 Å². The lowest BCUT2D eigenvalue weighted by molar-refractivity contribution is -0.122. The molecule has 0 saturated heterocycles. The minimum atomic E-state index is -0.559. The van der Waals surface area contributed by atoms with E-state index in [1.54, 1.807) is 24.3 Å². The van der Waals surface area contributed by atoms with Crippen molar-refractivity contribution in [2.75, 3.05) is 26.7 Å². The van der Waals surface area contributed by atoms with Gasteiger partial charge in [0, 0.05) is 13.1 Å². The fourth-order valence-corrected chi connectivity index (χ4v) is 1.64. The molecule has 0 aromatic heterocycles. The molecule has 1 aromatic carbocycles. The zero-order chi connectivity index (χ0) is 14.3. The van der Waals surface area contributed by atoms with Crippen molar-refractivity contribution < 1.29 is 9.90 Å². The van der Waals surface area contributed by atoms with Crippen molar-refractivity contribution in [3.05, 3.63) is 29.8 Å². The van der Waals surface area contributed by atoms with Gasteiger partial charge in [-0.1, -0.05) is 19.1 Å². The van der Waals surface area contributed by atoms with Crippen molar-refractivity contribution >= 4 is 5.91 Å². The summed E-state index contributed by atoms with van der Waals surface area (Å²) in [7, 11) is 2.00. The molecule has 0 aliphatic heterocycles. The molecule has 1 amide bonds. The van der Waals surface area contributed by atoms with Crippen LogP contribution in [0.3, 0.4) is 0 Å². The number of hydrogen-bond donors (Lipinski definition) is 3. The van der Waals surface area contributed by atoms with Gasteiger partial charge in [-0.15, -0.1) is 0 Å². The van der Waals surface area contributed by atoms with Crippen molar-refractivity contribution in [2.24, 2.45) is 5.73 Å². The Morgan fingerprint density at radius 3 is 2.63 bits per heavy atom. The Bertz CT molecular complexity index is 392. The summed E-state index contributed by atoms with van der Waals surface area (Å²) in [6.07, 6.45) is 0.468. The van der Waals surface area contributed by atoms with Crippen LogP contribution < -0.4 is 11.1 Å². The maximum Gasteiger partial charge on any atom is 0.237 e. The van der Waals surface area contributed by atoms with Crippen molar-refractivity contribution in [2.45, 2.75) is 19.4 Å². The Labute approximate surface area is 114 Å². The van der Waals surface area contributed by atoms with E-state index in [1.807, 2.05) is 7.05 Å². The highest BCUT2D eigenvalue weighted by atomic mass is 16.3. The number of nitrogens with two attached hydrogens (primary N) is 1. The zero-order valence-corrected chi connectivity index (χ0v) is 11.6. The molecule has 106 valence electrons. The molecule has 0 unspecified atom stereocenters. The molecule has 4 N–H and O–H groups in total. The molecule has 0 heterocycles. The van der Waals surface area contributed by atoms with Crippen molar-refractivity contribution in [3.63, 3.8) is 0 Å². The number of nitrogens with one attached hydrogen (secondary N) is 1. The van der Waals surface area contributed by atoms with Crippen LogP contribution in [0.25, 0.3) is 0 Å². The quantitative estimate of drug-likeness (QED) is 0.664. The van der Waals surface area contributed by atoms with Crippen LogP contribution in [0.2, 0.25) is 0 Å². The molecule has 0 radical (unpaired) electrons. The Kier molecular flexibility index (Phi) is 6.32. The average molecular weight is 265 g/mol. The molecule has 19 heavy (non-hydrogen) atoms. The second kappa shape index (κ2) is 7.76. The molecule has 1 atom stereocenters. The van der Waals surface area contributed by atoms with Crippen molar-refractivity contribution in [1.29, 1.82) is 0 Å². The highest BCUT2D eigenvalue weighted by Gasteiger charge is 2.13. The van der Waals surface area contributed by atoms with Gasteiger partial charge in [-0.2, -0.15) is 0 Å². The van der Waals surface area contributed by atoms with Gasteiger partial charge in [-0.25, -0.2) is 0 Å². The lowest BCUT2D eigenvalue weighted by Gasteiger charge is -2.16. The number of likely N-dealkylation sites (N-methyl/N-ethyl adjacent to an activating group) is 1. The molecular formula is C14H23N3O2. The van der Waals surface area contributed by atoms with Gasteiger partial charge in [0.15, 0.2) is 0 Å². The highest BCUT2D eigenvalue weighted by Crippen LogP contribution is 2.10. The van der Waals surface area contributed by atoms with Crippen LogP contribution in [-0.2, 0) is 11.2 Å². The fourth-order valence-electron chi connectivity index (χ4n) is 1.64. The molecule has 0 aliphatic rings. The van der Waals surface area contributed by atoms with E-state index < -0.39 is 6.04 Å². The predicted molar refractivity (Wildman–Crippen MR) is 76.0 cm³/mol. The third kappa shape index (κ3) is 5.72. The zero-order valence-electron chi connectivity index (χ0n) is 11.6. The summed E-state index contributed by atoms with van der Waals surface area (Å²) < 4.78 is 0. The Balaban J connectivity index is 2.34. The summed E-state index contributed by atoms with van der Waals surface area (Å²) in [6.45, 7) is 4.44. The number of carbonyl (C=O) groups excluding carboxylic acids is 1. The van der Waals surface area contributed by atoms with Crippen LogP contribution in [-0.4, -0.2) is 48.6 Å². The molecule has 0 bridgehead atoms. The maximum atomic E-state index is 11.8. The number of benzene rings is 1. The summed E-state index contributed by atoms with van der Waals surface area (Å²) >= 11 is 0. The molecule has 0 fully saturated rings. The summed E-state index contributed by atoms with van der Waals surface area (Å²) in [4.78, 5) is 13.9. The standard InChI is InChI=1S/C14H23N3O2/c1-3-17(2)9-8-16-14(19)13(15)10-11-4-6-12(18)7-5-11/h4-7,13,18H,3,8-10,15H2,1-2H3,(H,16,19)/t13-/m1/s1. The fraction of sp³-hybridized carbons (Fsp3) is 0.500. The number of nitrogens with zero attached hydrogens (tertiary/aromatic N) is 1. The van der Waals surface area contributed by atoms with Crippen LogP contribution in [0.4, 0.5) is 0 Å². The number of phenols is 1. The number of hydrogen-bond acceptors (Lipinski definition) is 4. The van der Waals surface area contributed by atoms with Crippen LogP contribution in [0.5, 0.6) is 5.75 Å². The third-order valence-corrected chi connectivity index (χ3v) is 3.06. The highest BCUT2D eigenvalue weighted by molar-refractivity contribution is 5.81. The first-order valence-electron chi connectivity index (χ1n) is 6.52. The van der Waals surface area contributed by atoms with Crippen LogP contribution in [0, 0.1) is 0 Å². The Morgan fingerprint density at radius 2 is 2.05 bits per heavy atom. The summed E-state index contributed by atoms with van der Waals surface area (Å²) in [5, 5.41) is 12.0. The number of aromatic hydroxyl groups is 1. The Morgan fingerprint density at radius 1 is 1.42 bits per heavy atom. The second-order valence-electron chi connectivity index (χ2n) is 4.66. The molecule has 0 spiro atoms. The number of phenolic OH excluding ortho intramolecular Hbond substituents is 1. The van der Waals surface area contributed by atoms with Gasteiger partial charge in [0.25, 0.3) is 0 Å². The lowest BCUT2D eigenvalue weighted by Crippen LogP contribution is -2.44. The van der Waals surface area contributed by atoms with Gasteiger partial charge < -0.3 is 21.1 Å². The van der Waals surface area contributed by atoms with Crippen LogP contribution in [0.1, 0.15) is 12.5 Å². The molecule has 1 aromatic rings. The van der Waals surface area contributed by atoms with Gasteiger partial charge in [0.05, 0.1) is 6.04 Å². The van der Waals surface area contributed by atoms with E-state index in [2.05, 4.69) is 17.1 Å². The van der Waals surface area contributed by atoms with Gasteiger partial charge in [0.1, 0.15) is 5.75 Å². The van der Waals surface area contributed by atoms with Crippen LogP contribution >= 0.6 is 0 Å². The first-order valence-corrected chi connectivity index (χ1v) is 6.52. The van der Waals surface area contributed by atoms with Crippen LogP contribution in [0.15, 0.2) is 24.3 Å². The molecule has 5 heteroatoms. The average Bonchev–Trinajstić information content (AvgIpc) is 2.40. The number of rotatable bonds is 7. The molecule has 0 saturated carbocycles. The molecule has 0 aliphatic carbocycles. The third-order valence-electron chi connectivity index (χ3n) is 3.06. The largest absolute Gasteiger partial charge is 0.508 e. The monoisotopic (exact) mass is 265 g/mol. The summed E-state index contributed by atoms with van der Waals surface area (Å²) in [5.74, 6) is 0.0713. The van der Waals surface area contributed by atoms with E-state index in [4.69, 9.17) is 5.73 Å². The van der Waals surface area contributed by atoms with Gasteiger partial charge in [0.2, 0.25) is 5.91 Å². The topological polar surface area (TPSA) is 78.6 Å². The van der Waals surface area contributed by atoms with E-state index in [0.29, 0.717) is 13.0 Å².